The van der Waals surface area contributed by atoms with Gasteiger partial charge in [0, 0.05) is 16.8 Å². The number of rotatable bonds is 0. The van der Waals surface area contributed by atoms with Crippen molar-refractivity contribution >= 4 is 16.7 Å². The van der Waals surface area contributed by atoms with Gasteiger partial charge >= 0.3 is 0 Å². The summed E-state index contributed by atoms with van der Waals surface area (Å²) in [5, 5.41) is 0.938. The van der Waals surface area contributed by atoms with Gasteiger partial charge in [-0.1, -0.05) is 26.8 Å². The van der Waals surface area contributed by atoms with Crippen LogP contribution < -0.4 is 0 Å². The molecule has 0 aromatic carbocycles. The van der Waals surface area contributed by atoms with Gasteiger partial charge in [-0.3, -0.25) is 0 Å². The Hall–Kier alpha value is -1.82. The highest BCUT2D eigenvalue weighted by molar-refractivity contribution is 5.93. The molecule has 0 aliphatic carbocycles. The number of fused-ring (bicyclic) bond motifs is 1. The molecule has 0 atom stereocenters. The molecule has 0 amide bonds. The molecule has 3 nitrogen and oxygen atoms in total. The van der Waals surface area contributed by atoms with Gasteiger partial charge in [0.15, 0.2) is 0 Å². The largest absolute Gasteiger partial charge is 0.353 e. The molecule has 2 rings (SSSR count). The Morgan fingerprint density at radius 1 is 1.29 bits per heavy atom. The summed E-state index contributed by atoms with van der Waals surface area (Å²) in [6, 6.07) is 2.05. The molecule has 0 fully saturated rings. The lowest BCUT2D eigenvalue weighted by Gasteiger charge is -2.17. The number of aryl methyl sites for hydroxylation is 2. The first-order valence-corrected chi connectivity index (χ1v) is 5.72. The van der Waals surface area contributed by atoms with Crippen molar-refractivity contribution in [3.63, 3.8) is 0 Å². The van der Waals surface area contributed by atoms with E-state index in [9.17, 15) is 0 Å². The SMILES string of the molecule is [C-]#[N+]c1c(C(C)(C)C)[nH]c2nc(C)c(C)cc12. The molecule has 2 aromatic heterocycles. The first kappa shape index (κ1) is 11.7. The van der Waals surface area contributed by atoms with E-state index in [2.05, 4.69) is 41.7 Å². The minimum atomic E-state index is -0.0671. The third-order valence-electron chi connectivity index (χ3n) is 3.06. The summed E-state index contributed by atoms with van der Waals surface area (Å²) in [5.41, 5.74) is 4.58. The lowest BCUT2D eigenvalue weighted by Crippen LogP contribution is -2.11. The molecule has 0 aliphatic heterocycles. The Kier molecular flexibility index (Phi) is 2.46. The quantitative estimate of drug-likeness (QED) is 0.677. The molecule has 3 heteroatoms. The number of aromatic amines is 1. The Balaban J connectivity index is 2.87. The molecular formula is C14H17N3. The van der Waals surface area contributed by atoms with Gasteiger partial charge < -0.3 is 4.98 Å². The third-order valence-corrected chi connectivity index (χ3v) is 3.06. The van der Waals surface area contributed by atoms with Crippen molar-refractivity contribution in [2.45, 2.75) is 40.0 Å². The molecule has 2 aromatic rings. The first-order chi connectivity index (χ1) is 7.84. The normalized spacial score (nSPS) is 11.8. The summed E-state index contributed by atoms with van der Waals surface area (Å²) in [6.45, 7) is 17.7. The molecule has 0 bridgehead atoms. The Labute approximate surface area is 102 Å². The van der Waals surface area contributed by atoms with E-state index in [-0.39, 0.29) is 5.41 Å². The second-order valence-electron chi connectivity index (χ2n) is 5.50. The third kappa shape index (κ3) is 1.80. The van der Waals surface area contributed by atoms with Crippen LogP contribution in [0.15, 0.2) is 6.07 Å². The minimum Gasteiger partial charge on any atom is -0.353 e. The first-order valence-electron chi connectivity index (χ1n) is 5.72. The fraction of sp³-hybridized carbons (Fsp3) is 0.429. The number of aromatic nitrogens is 2. The molecule has 0 radical (unpaired) electrons. The summed E-state index contributed by atoms with van der Waals surface area (Å²) >= 11 is 0. The van der Waals surface area contributed by atoms with E-state index in [1.807, 2.05) is 13.8 Å². The van der Waals surface area contributed by atoms with Gasteiger partial charge in [-0.25, -0.2) is 9.83 Å². The van der Waals surface area contributed by atoms with Crippen LogP contribution in [0.4, 0.5) is 5.69 Å². The molecule has 0 saturated carbocycles. The van der Waals surface area contributed by atoms with E-state index in [1.54, 1.807) is 0 Å². The zero-order chi connectivity index (χ0) is 12.8. The molecule has 17 heavy (non-hydrogen) atoms. The van der Waals surface area contributed by atoms with E-state index in [4.69, 9.17) is 6.57 Å². The molecule has 1 N–H and O–H groups in total. The second kappa shape index (κ2) is 3.59. The van der Waals surface area contributed by atoms with E-state index in [0.717, 1.165) is 28.0 Å². The zero-order valence-electron chi connectivity index (χ0n) is 11.0. The van der Waals surface area contributed by atoms with Crippen LogP contribution in [0.3, 0.4) is 0 Å². The molecule has 2 heterocycles. The van der Waals surface area contributed by atoms with Crippen molar-refractivity contribution in [3.8, 4) is 0 Å². The van der Waals surface area contributed by atoms with Crippen molar-refractivity contribution in [3.05, 3.63) is 34.4 Å². The number of hydrogen-bond acceptors (Lipinski definition) is 1. The highest BCUT2D eigenvalue weighted by Gasteiger charge is 2.23. The van der Waals surface area contributed by atoms with Crippen LogP contribution in [-0.4, -0.2) is 9.97 Å². The van der Waals surface area contributed by atoms with Crippen LogP contribution in [0.25, 0.3) is 15.9 Å². The fourth-order valence-corrected chi connectivity index (χ4v) is 1.95. The van der Waals surface area contributed by atoms with Crippen LogP contribution in [0, 0.1) is 20.4 Å². The lowest BCUT2D eigenvalue weighted by molar-refractivity contribution is 0.576. The molecule has 0 saturated heterocycles. The zero-order valence-corrected chi connectivity index (χ0v) is 11.0. The van der Waals surface area contributed by atoms with Gasteiger partial charge in [-0.15, -0.1) is 0 Å². The summed E-state index contributed by atoms with van der Waals surface area (Å²) in [5.74, 6) is 0. The standard InChI is InChI=1S/C14H17N3/c1-8-7-10-11(15-6)12(14(3,4)5)17-13(10)16-9(8)2/h7H,1-5H3,(H,16,17). The van der Waals surface area contributed by atoms with Crippen molar-refractivity contribution in [2.24, 2.45) is 0 Å². The summed E-state index contributed by atoms with van der Waals surface area (Å²) in [7, 11) is 0. The maximum atomic E-state index is 7.36. The van der Waals surface area contributed by atoms with Gasteiger partial charge in [0.2, 0.25) is 5.69 Å². The summed E-state index contributed by atoms with van der Waals surface area (Å²) in [4.78, 5) is 11.5. The minimum absolute atomic E-state index is 0.0671. The number of hydrogen-bond donors (Lipinski definition) is 1. The number of nitrogens with one attached hydrogen (secondary N) is 1. The number of H-pyrrole nitrogens is 1. The van der Waals surface area contributed by atoms with E-state index in [0.29, 0.717) is 5.69 Å². The highest BCUT2D eigenvalue weighted by atomic mass is 14.9. The van der Waals surface area contributed by atoms with Gasteiger partial charge in [0.1, 0.15) is 5.65 Å². The van der Waals surface area contributed by atoms with E-state index >= 15 is 0 Å². The monoisotopic (exact) mass is 227 g/mol. The average Bonchev–Trinajstić information content (AvgIpc) is 2.56. The van der Waals surface area contributed by atoms with Crippen molar-refractivity contribution in [1.29, 1.82) is 0 Å². The van der Waals surface area contributed by atoms with Crippen molar-refractivity contribution in [2.75, 3.05) is 0 Å². The van der Waals surface area contributed by atoms with Crippen LogP contribution >= 0.6 is 0 Å². The maximum Gasteiger partial charge on any atom is 0.217 e. The molecule has 0 aliphatic rings. The van der Waals surface area contributed by atoms with Gasteiger partial charge in [-0.05, 0) is 24.8 Å². The highest BCUT2D eigenvalue weighted by Crippen LogP contribution is 2.37. The lowest BCUT2D eigenvalue weighted by atomic mass is 9.91. The smallest absolute Gasteiger partial charge is 0.217 e. The maximum absolute atomic E-state index is 7.36. The van der Waals surface area contributed by atoms with Crippen LogP contribution in [0.2, 0.25) is 0 Å². The number of pyridine rings is 1. The molecule has 0 unspecified atom stereocenters. The Bertz CT molecular complexity index is 621. The second-order valence-corrected chi connectivity index (χ2v) is 5.50. The van der Waals surface area contributed by atoms with E-state index in [1.165, 1.54) is 0 Å². The van der Waals surface area contributed by atoms with Gasteiger partial charge in [0.05, 0.1) is 6.57 Å². The predicted octanol–water partition coefficient (Wildman–Crippen LogP) is 4.03. The summed E-state index contributed by atoms with van der Waals surface area (Å²) in [6.07, 6.45) is 0. The van der Waals surface area contributed by atoms with Crippen molar-refractivity contribution < 1.29 is 0 Å². The van der Waals surface area contributed by atoms with Crippen molar-refractivity contribution in [1.82, 2.24) is 9.97 Å². The van der Waals surface area contributed by atoms with Gasteiger partial charge in [0.25, 0.3) is 0 Å². The van der Waals surface area contributed by atoms with Gasteiger partial charge in [-0.2, -0.15) is 0 Å². The molecule has 88 valence electrons. The average molecular weight is 227 g/mol. The topological polar surface area (TPSA) is 33.0 Å². The number of nitrogens with zero attached hydrogens (tertiary/aromatic N) is 2. The Morgan fingerprint density at radius 2 is 1.94 bits per heavy atom. The Morgan fingerprint density at radius 3 is 2.47 bits per heavy atom. The summed E-state index contributed by atoms with van der Waals surface area (Å²) < 4.78 is 0. The van der Waals surface area contributed by atoms with Crippen LogP contribution in [-0.2, 0) is 5.41 Å². The fourth-order valence-electron chi connectivity index (χ4n) is 1.95. The van der Waals surface area contributed by atoms with Crippen LogP contribution in [0.1, 0.15) is 37.7 Å². The van der Waals surface area contributed by atoms with Crippen LogP contribution in [0.5, 0.6) is 0 Å². The molecular weight excluding hydrogens is 210 g/mol. The molecule has 0 spiro atoms. The predicted molar refractivity (Wildman–Crippen MR) is 70.5 cm³/mol. The van der Waals surface area contributed by atoms with E-state index < -0.39 is 0 Å².